The van der Waals surface area contributed by atoms with Crippen LogP contribution in [0, 0.1) is 0 Å². The van der Waals surface area contributed by atoms with Crippen LogP contribution in [0.25, 0.3) is 16.9 Å². The summed E-state index contributed by atoms with van der Waals surface area (Å²) in [6.07, 6.45) is 1.27. The van der Waals surface area contributed by atoms with E-state index in [2.05, 4.69) is 25.5 Å². The summed E-state index contributed by atoms with van der Waals surface area (Å²) in [5.41, 5.74) is 0.638. The van der Waals surface area contributed by atoms with Crippen LogP contribution in [-0.4, -0.2) is 42.1 Å². The maximum absolute atomic E-state index is 13.0. The van der Waals surface area contributed by atoms with Crippen LogP contribution in [0.5, 0.6) is 0 Å². The third kappa shape index (κ3) is 4.91. The molecule has 2 aromatic heterocycles. The molecule has 4 aromatic rings. The zero-order chi connectivity index (χ0) is 21.8. The van der Waals surface area contributed by atoms with Crippen LogP contribution in [-0.2, 0) is 4.79 Å². The van der Waals surface area contributed by atoms with Gasteiger partial charge in [0.25, 0.3) is 11.3 Å². The quantitative estimate of drug-likeness (QED) is 0.321. The zero-order valence-corrected chi connectivity index (χ0v) is 17.3. The van der Waals surface area contributed by atoms with Gasteiger partial charge in [-0.25, -0.2) is 14.6 Å². The zero-order valence-electron chi connectivity index (χ0n) is 15.7. The summed E-state index contributed by atoms with van der Waals surface area (Å²) in [4.78, 5) is 34.3. The van der Waals surface area contributed by atoms with E-state index in [0.29, 0.717) is 33.2 Å². The SMILES string of the molecule is O=C(CSc1nc2ccccc2c(=O)n1-c1ncn[nH]1)Nc1ccc(SC(F)F)cc1. The number of hydrogen-bond donors (Lipinski definition) is 2. The van der Waals surface area contributed by atoms with Crippen molar-refractivity contribution in [3.63, 3.8) is 0 Å². The second-order valence-corrected chi connectivity index (χ2v) is 8.11. The van der Waals surface area contributed by atoms with Crippen molar-refractivity contribution in [2.24, 2.45) is 0 Å². The number of fused-ring (bicyclic) bond motifs is 1. The van der Waals surface area contributed by atoms with Crippen molar-refractivity contribution < 1.29 is 13.6 Å². The summed E-state index contributed by atoms with van der Waals surface area (Å²) in [5, 5.41) is 9.79. The molecule has 0 aliphatic heterocycles. The van der Waals surface area contributed by atoms with Gasteiger partial charge in [0.1, 0.15) is 6.33 Å². The first-order chi connectivity index (χ1) is 15.0. The Labute approximate surface area is 182 Å². The lowest BCUT2D eigenvalue weighted by molar-refractivity contribution is -0.113. The molecule has 2 heterocycles. The van der Waals surface area contributed by atoms with Gasteiger partial charge < -0.3 is 5.32 Å². The molecule has 0 spiro atoms. The lowest BCUT2D eigenvalue weighted by Gasteiger charge is -2.11. The minimum absolute atomic E-state index is 0.0353. The van der Waals surface area contributed by atoms with Crippen molar-refractivity contribution in [3.8, 4) is 5.95 Å². The number of carbonyl (C=O) groups is 1. The molecular weight excluding hydrogens is 446 g/mol. The molecule has 2 aromatic carbocycles. The number of rotatable bonds is 7. The number of nitrogens with zero attached hydrogens (tertiary/aromatic N) is 4. The van der Waals surface area contributed by atoms with Gasteiger partial charge in [-0.1, -0.05) is 35.7 Å². The van der Waals surface area contributed by atoms with E-state index in [1.165, 1.54) is 23.0 Å². The number of para-hydroxylation sites is 1. The van der Waals surface area contributed by atoms with E-state index < -0.39 is 5.76 Å². The van der Waals surface area contributed by atoms with Crippen molar-refractivity contribution in [1.29, 1.82) is 0 Å². The number of alkyl halides is 2. The van der Waals surface area contributed by atoms with Crippen LogP contribution in [0.4, 0.5) is 14.5 Å². The van der Waals surface area contributed by atoms with E-state index in [9.17, 15) is 18.4 Å². The molecule has 0 radical (unpaired) electrons. The van der Waals surface area contributed by atoms with Crippen molar-refractivity contribution >= 4 is 46.0 Å². The van der Waals surface area contributed by atoms with Gasteiger partial charge in [0.15, 0.2) is 5.16 Å². The summed E-state index contributed by atoms with van der Waals surface area (Å²) < 4.78 is 26.1. The number of benzene rings is 2. The highest BCUT2D eigenvalue weighted by Gasteiger charge is 2.16. The Bertz CT molecular complexity index is 1260. The van der Waals surface area contributed by atoms with Crippen molar-refractivity contribution in [1.82, 2.24) is 24.7 Å². The molecule has 0 saturated heterocycles. The highest BCUT2D eigenvalue weighted by Crippen LogP contribution is 2.26. The molecule has 0 fully saturated rings. The highest BCUT2D eigenvalue weighted by molar-refractivity contribution is 8.00. The van der Waals surface area contributed by atoms with Crippen LogP contribution >= 0.6 is 23.5 Å². The lowest BCUT2D eigenvalue weighted by atomic mass is 10.2. The van der Waals surface area contributed by atoms with Gasteiger partial charge in [0.2, 0.25) is 11.9 Å². The maximum atomic E-state index is 13.0. The van der Waals surface area contributed by atoms with E-state index in [0.717, 1.165) is 11.8 Å². The van der Waals surface area contributed by atoms with Gasteiger partial charge in [0, 0.05) is 10.6 Å². The highest BCUT2D eigenvalue weighted by atomic mass is 32.2. The number of thioether (sulfide) groups is 2. The first-order valence-electron chi connectivity index (χ1n) is 8.86. The average Bonchev–Trinajstić information content (AvgIpc) is 3.28. The van der Waals surface area contributed by atoms with Crippen molar-refractivity contribution in [3.05, 3.63) is 65.2 Å². The Balaban J connectivity index is 1.53. The molecule has 0 aliphatic rings. The van der Waals surface area contributed by atoms with E-state index in [-0.39, 0.29) is 28.3 Å². The fraction of sp³-hybridized carbons (Fsp3) is 0.105. The Morgan fingerprint density at radius 2 is 1.94 bits per heavy atom. The monoisotopic (exact) mass is 460 g/mol. The summed E-state index contributed by atoms with van der Waals surface area (Å²) in [7, 11) is 0. The summed E-state index contributed by atoms with van der Waals surface area (Å²) in [6, 6.07) is 13.0. The van der Waals surface area contributed by atoms with Crippen molar-refractivity contribution in [2.45, 2.75) is 15.8 Å². The smallest absolute Gasteiger partial charge is 0.288 e. The summed E-state index contributed by atoms with van der Waals surface area (Å²) in [6.45, 7) is 0. The van der Waals surface area contributed by atoms with Crippen LogP contribution < -0.4 is 10.9 Å². The molecule has 12 heteroatoms. The minimum Gasteiger partial charge on any atom is -0.325 e. The first kappa shape index (κ1) is 21.0. The van der Waals surface area contributed by atoms with E-state index >= 15 is 0 Å². The molecule has 0 unspecified atom stereocenters. The molecule has 2 N–H and O–H groups in total. The number of carbonyl (C=O) groups excluding carboxylic acids is 1. The second kappa shape index (κ2) is 9.27. The topological polar surface area (TPSA) is 106 Å². The van der Waals surface area contributed by atoms with Crippen LogP contribution in [0.2, 0.25) is 0 Å². The Morgan fingerprint density at radius 3 is 2.65 bits per heavy atom. The average molecular weight is 460 g/mol. The number of amides is 1. The van der Waals surface area contributed by atoms with Gasteiger partial charge in [-0.05, 0) is 36.4 Å². The molecule has 8 nitrogen and oxygen atoms in total. The number of nitrogens with one attached hydrogen (secondary N) is 2. The molecule has 1 amide bonds. The maximum Gasteiger partial charge on any atom is 0.288 e. The summed E-state index contributed by atoms with van der Waals surface area (Å²) >= 11 is 1.49. The first-order valence-corrected chi connectivity index (χ1v) is 10.7. The van der Waals surface area contributed by atoms with Gasteiger partial charge >= 0.3 is 0 Å². The normalized spacial score (nSPS) is 11.2. The van der Waals surface area contributed by atoms with E-state index in [1.807, 2.05) is 0 Å². The Morgan fingerprint density at radius 1 is 1.16 bits per heavy atom. The van der Waals surface area contributed by atoms with Crippen LogP contribution in [0.3, 0.4) is 0 Å². The van der Waals surface area contributed by atoms with Gasteiger partial charge in [-0.15, -0.1) is 0 Å². The fourth-order valence-corrected chi connectivity index (χ4v) is 4.04. The number of anilines is 1. The fourth-order valence-electron chi connectivity index (χ4n) is 2.75. The molecule has 0 saturated carbocycles. The summed E-state index contributed by atoms with van der Waals surface area (Å²) in [5.74, 6) is -2.69. The number of aromatic nitrogens is 5. The second-order valence-electron chi connectivity index (χ2n) is 6.10. The van der Waals surface area contributed by atoms with Gasteiger partial charge in [-0.2, -0.15) is 18.9 Å². The number of aromatic amines is 1. The molecule has 0 atom stereocenters. The number of hydrogen-bond acceptors (Lipinski definition) is 7. The molecule has 31 heavy (non-hydrogen) atoms. The number of H-pyrrole nitrogens is 1. The van der Waals surface area contributed by atoms with Crippen LogP contribution in [0.1, 0.15) is 0 Å². The predicted octanol–water partition coefficient (Wildman–Crippen LogP) is 3.55. The third-order valence-electron chi connectivity index (χ3n) is 4.05. The molecule has 0 aliphatic carbocycles. The van der Waals surface area contributed by atoms with Crippen molar-refractivity contribution in [2.75, 3.05) is 11.1 Å². The largest absolute Gasteiger partial charge is 0.325 e. The molecule has 4 rings (SSSR count). The Hall–Kier alpha value is -3.25. The predicted molar refractivity (Wildman–Crippen MR) is 115 cm³/mol. The molecule has 158 valence electrons. The van der Waals surface area contributed by atoms with Crippen LogP contribution in [0.15, 0.2) is 69.7 Å². The van der Waals surface area contributed by atoms with E-state index in [4.69, 9.17) is 0 Å². The lowest BCUT2D eigenvalue weighted by Crippen LogP contribution is -2.23. The van der Waals surface area contributed by atoms with E-state index in [1.54, 1.807) is 36.4 Å². The standard InChI is InChI=1S/C19H14F2N6O2S2/c20-17(21)31-12-7-5-11(6-8-12)24-15(28)9-30-19-25-14-4-2-1-3-13(14)16(29)27(19)18-22-10-23-26-18/h1-8,10,17H,9H2,(H,24,28)(H,22,23,26). The number of halogens is 2. The Kier molecular flexibility index (Phi) is 6.28. The molecule has 0 bridgehead atoms. The third-order valence-corrected chi connectivity index (χ3v) is 5.72. The van der Waals surface area contributed by atoms with Gasteiger partial charge in [-0.3, -0.25) is 9.59 Å². The minimum atomic E-state index is -2.51. The van der Waals surface area contributed by atoms with Gasteiger partial charge in [0.05, 0.1) is 16.7 Å². The molecular formula is C19H14F2N6O2S2.